The van der Waals surface area contributed by atoms with Crippen molar-refractivity contribution in [2.24, 2.45) is 0 Å². The zero-order chi connectivity index (χ0) is 15.5. The van der Waals surface area contributed by atoms with Crippen molar-refractivity contribution < 1.29 is 28.4 Å². The third-order valence-corrected chi connectivity index (χ3v) is 2.73. The van der Waals surface area contributed by atoms with Gasteiger partial charge in [-0.15, -0.1) is 0 Å². The first kappa shape index (κ1) is 16.2. The Bertz CT molecular complexity index is 567. The number of halogens is 4. The Kier molecular flexibility index (Phi) is 4.91. The van der Waals surface area contributed by atoms with Crippen LogP contribution in [-0.4, -0.2) is 16.8 Å². The van der Waals surface area contributed by atoms with E-state index in [1.54, 1.807) is 0 Å². The number of benzene rings is 1. The zero-order valence-electron chi connectivity index (χ0n) is 10.3. The van der Waals surface area contributed by atoms with Crippen molar-refractivity contribution in [3.63, 3.8) is 0 Å². The smallest absolute Gasteiger partial charge is 0.416 e. The van der Waals surface area contributed by atoms with Crippen molar-refractivity contribution in [2.45, 2.75) is 13.1 Å². The van der Waals surface area contributed by atoms with Gasteiger partial charge < -0.3 is 10.5 Å². The Morgan fingerprint density at radius 3 is 2.50 bits per heavy atom. The van der Waals surface area contributed by atoms with Gasteiger partial charge in [0.2, 0.25) is 0 Å². The predicted octanol–water partition coefficient (Wildman–Crippen LogP) is 2.56. The van der Waals surface area contributed by atoms with Crippen molar-refractivity contribution in [1.82, 2.24) is 0 Å². The molecule has 0 aliphatic carbocycles. The second-order valence-electron chi connectivity index (χ2n) is 3.91. The van der Waals surface area contributed by atoms with Crippen LogP contribution in [-0.2, 0) is 11.0 Å². The van der Waals surface area contributed by atoms with E-state index >= 15 is 0 Å². The lowest BCUT2D eigenvalue weighted by Crippen LogP contribution is -2.71. The van der Waals surface area contributed by atoms with E-state index in [-0.39, 0.29) is 22.0 Å². The molecule has 0 aromatic heterocycles. The van der Waals surface area contributed by atoms with Crippen molar-refractivity contribution in [1.29, 1.82) is 5.41 Å². The molecule has 0 atom stereocenters. The second-order valence-corrected chi connectivity index (χ2v) is 4.32. The zero-order valence-corrected chi connectivity index (χ0v) is 11.0. The summed E-state index contributed by atoms with van der Waals surface area (Å²) in [6.07, 6.45) is -3.46. The van der Waals surface area contributed by atoms with Gasteiger partial charge in [0.25, 0.3) is 0 Å². The molecule has 1 aromatic rings. The quantitative estimate of drug-likeness (QED) is 0.454. The highest BCUT2D eigenvalue weighted by Gasteiger charge is 2.31. The van der Waals surface area contributed by atoms with E-state index in [9.17, 15) is 18.0 Å². The standard InChI is InChI=1S/C12H10ClF3N2O2/c1-6(17)8(11(19)20)5-18-10-4-7(12(14,15)16)2-3-9(10)13/h2-5,17-18H,1H3,(H,19,20)/p+1/b8-5+,17-6?. The van der Waals surface area contributed by atoms with E-state index in [0.717, 1.165) is 29.7 Å². The first-order chi connectivity index (χ1) is 9.12. The van der Waals surface area contributed by atoms with Crippen LogP contribution in [0, 0.1) is 5.41 Å². The van der Waals surface area contributed by atoms with E-state index in [1.165, 1.54) is 6.92 Å². The highest BCUT2D eigenvalue weighted by molar-refractivity contribution is 6.32. The minimum absolute atomic E-state index is 0.0292. The van der Waals surface area contributed by atoms with Gasteiger partial charge in [-0.1, -0.05) is 11.6 Å². The summed E-state index contributed by atoms with van der Waals surface area (Å²) in [5.41, 5.74) is -1.39. The Hall–Kier alpha value is -1.86. The van der Waals surface area contributed by atoms with Crippen LogP contribution in [0.2, 0.25) is 5.02 Å². The first-order valence-corrected chi connectivity index (χ1v) is 5.71. The highest BCUT2D eigenvalue weighted by atomic mass is 35.5. The molecule has 108 valence electrons. The van der Waals surface area contributed by atoms with Gasteiger partial charge in [-0.3, -0.25) is 5.32 Å². The molecule has 0 unspecified atom stereocenters. The van der Waals surface area contributed by atoms with E-state index < -0.39 is 17.7 Å². The lowest BCUT2D eigenvalue weighted by atomic mass is 10.1. The minimum atomic E-state index is -4.51. The Labute approximate surface area is 117 Å². The summed E-state index contributed by atoms with van der Waals surface area (Å²) in [7, 11) is 0. The molecule has 1 rings (SSSR count). The molecular formula is C12H11ClF3N2O2+. The van der Waals surface area contributed by atoms with Crippen molar-refractivity contribution in [3.8, 4) is 0 Å². The number of rotatable bonds is 4. The summed E-state index contributed by atoms with van der Waals surface area (Å²) in [4.78, 5) is 10.8. The average molecular weight is 308 g/mol. The lowest BCUT2D eigenvalue weighted by molar-refractivity contribution is -0.496. The number of carbonyl (C=O) groups is 1. The summed E-state index contributed by atoms with van der Waals surface area (Å²) in [6, 6.07) is 2.74. The van der Waals surface area contributed by atoms with Crippen LogP contribution >= 0.6 is 11.6 Å². The van der Waals surface area contributed by atoms with Gasteiger partial charge in [-0.25, -0.2) is 4.79 Å². The molecule has 0 fully saturated rings. The molecule has 0 heterocycles. The third kappa shape index (κ3) is 4.07. The third-order valence-electron chi connectivity index (χ3n) is 2.39. The molecule has 4 N–H and O–H groups in total. The predicted molar refractivity (Wildman–Crippen MR) is 67.2 cm³/mol. The van der Waals surface area contributed by atoms with Crippen LogP contribution < -0.4 is 5.32 Å². The normalized spacial score (nSPS) is 12.3. The fraction of sp³-hybridized carbons (Fsp3) is 0.167. The molecule has 20 heavy (non-hydrogen) atoms. The fourth-order valence-corrected chi connectivity index (χ4v) is 1.56. The molecule has 0 spiro atoms. The summed E-state index contributed by atoms with van der Waals surface area (Å²) >= 11 is 5.76. The molecule has 0 radical (unpaired) electrons. The summed E-state index contributed by atoms with van der Waals surface area (Å²) < 4.78 is 37.7. The number of alkyl halides is 3. The molecule has 0 saturated heterocycles. The number of carboxylic acids is 1. The number of carboxylic acid groups (broad SMARTS) is 1. The number of hydrogen-bond acceptors (Lipinski definition) is 2. The average Bonchev–Trinajstić information content (AvgIpc) is 2.29. The van der Waals surface area contributed by atoms with Gasteiger partial charge in [-0.05, 0) is 19.1 Å². The van der Waals surface area contributed by atoms with Crippen molar-refractivity contribution in [3.05, 3.63) is 40.6 Å². The summed E-state index contributed by atoms with van der Waals surface area (Å²) in [6.45, 7) is 1.27. The maximum Gasteiger partial charge on any atom is 0.416 e. The van der Waals surface area contributed by atoms with E-state index in [1.807, 2.05) is 0 Å². The van der Waals surface area contributed by atoms with Gasteiger partial charge >= 0.3 is 12.1 Å². The van der Waals surface area contributed by atoms with E-state index in [0.29, 0.717) is 0 Å². The van der Waals surface area contributed by atoms with E-state index in [2.05, 4.69) is 0 Å². The maximum atomic E-state index is 12.6. The monoisotopic (exact) mass is 307 g/mol. The van der Waals surface area contributed by atoms with Crippen LogP contribution in [0.4, 0.5) is 18.9 Å². The van der Waals surface area contributed by atoms with Crippen LogP contribution in [0.3, 0.4) is 0 Å². The van der Waals surface area contributed by atoms with Gasteiger partial charge in [0.05, 0.1) is 5.56 Å². The second kappa shape index (κ2) is 6.06. The number of nitrogens with one attached hydrogen (secondary N) is 1. The van der Waals surface area contributed by atoms with E-state index in [4.69, 9.17) is 22.1 Å². The molecule has 4 nitrogen and oxygen atoms in total. The Balaban J connectivity index is 3.12. The Morgan fingerprint density at radius 2 is 2.05 bits per heavy atom. The van der Waals surface area contributed by atoms with Crippen molar-refractivity contribution >= 4 is 29.0 Å². The molecule has 0 aliphatic rings. The van der Waals surface area contributed by atoms with Gasteiger partial charge in [0.15, 0.2) is 5.69 Å². The van der Waals surface area contributed by atoms with Crippen LogP contribution in [0.25, 0.3) is 0 Å². The molecule has 8 heteroatoms. The molecule has 0 amide bonds. The highest BCUT2D eigenvalue weighted by Crippen LogP contribution is 2.32. The maximum absolute atomic E-state index is 12.6. The van der Waals surface area contributed by atoms with Crippen molar-refractivity contribution in [2.75, 3.05) is 0 Å². The number of aliphatic carboxylic acids is 1. The molecular weight excluding hydrogens is 297 g/mol. The fourth-order valence-electron chi connectivity index (χ4n) is 1.38. The van der Waals surface area contributed by atoms with Gasteiger partial charge in [0, 0.05) is 11.8 Å². The number of hydrogen-bond donors (Lipinski definition) is 3. The van der Waals surface area contributed by atoms with Crippen LogP contribution in [0.5, 0.6) is 0 Å². The molecule has 0 saturated carbocycles. The first-order valence-electron chi connectivity index (χ1n) is 5.33. The van der Waals surface area contributed by atoms with Gasteiger partial charge in [-0.2, -0.15) is 13.2 Å². The molecule has 1 aromatic carbocycles. The van der Waals surface area contributed by atoms with Crippen LogP contribution in [0.1, 0.15) is 12.5 Å². The summed E-state index contributed by atoms with van der Waals surface area (Å²) in [5.74, 6) is -1.34. The Morgan fingerprint density at radius 1 is 1.45 bits per heavy atom. The molecule has 0 aliphatic heterocycles. The topological polar surface area (TPSA) is 77.8 Å². The lowest BCUT2D eigenvalue weighted by Gasteiger charge is -2.08. The van der Waals surface area contributed by atoms with Gasteiger partial charge in [0.1, 0.15) is 16.8 Å². The number of quaternary nitrogens is 1. The summed E-state index contributed by atoms with van der Waals surface area (Å²) in [5, 5.41) is 17.3. The largest absolute Gasteiger partial charge is 0.477 e. The molecule has 0 bridgehead atoms. The van der Waals surface area contributed by atoms with Crippen LogP contribution in [0.15, 0.2) is 30.0 Å². The SMILES string of the molecule is CC(=N)/C(=C\[NH2+]c1cc(C(F)(F)F)ccc1Cl)C(=O)O. The number of nitrogens with two attached hydrogens (primary N) is 1. The minimum Gasteiger partial charge on any atom is -0.477 e.